The second-order valence-corrected chi connectivity index (χ2v) is 4.04. The van der Waals surface area contributed by atoms with E-state index in [1.165, 1.54) is 0 Å². The molecule has 1 atom stereocenters. The lowest BCUT2D eigenvalue weighted by atomic mass is 10.1. The summed E-state index contributed by atoms with van der Waals surface area (Å²) in [5.41, 5.74) is 0. The van der Waals surface area contributed by atoms with Gasteiger partial charge in [-0.2, -0.15) is 30.7 Å². The topological polar surface area (TPSA) is 9.23 Å². The van der Waals surface area contributed by atoms with Crippen molar-refractivity contribution < 1.29 is 44.3 Å². The molecule has 0 amide bonds. The highest BCUT2D eigenvalue weighted by atomic mass is 35.5. The first-order valence-corrected chi connectivity index (χ1v) is 4.79. The van der Waals surface area contributed by atoms with Crippen LogP contribution in [0.4, 0.5) is 39.5 Å². The minimum atomic E-state index is -5.60. The molecular formula is C8H4ClF9O. The van der Waals surface area contributed by atoms with Gasteiger partial charge in [-0.1, -0.05) is 11.6 Å². The van der Waals surface area contributed by atoms with Crippen molar-refractivity contribution in [2.24, 2.45) is 0 Å². The smallest absolute Gasteiger partial charge is 0.330 e. The van der Waals surface area contributed by atoms with Gasteiger partial charge in [0.2, 0.25) is 0 Å². The largest absolute Gasteiger partial charge is 0.376 e. The van der Waals surface area contributed by atoms with Gasteiger partial charge in [0.05, 0.1) is 5.03 Å². The Labute approximate surface area is 105 Å². The highest BCUT2D eigenvalue weighted by Gasteiger charge is 2.77. The highest BCUT2D eigenvalue weighted by molar-refractivity contribution is 6.31. The fourth-order valence-corrected chi connectivity index (χ4v) is 1.44. The molecule has 0 fully saturated rings. The number of allylic oxidation sites excluding steroid dienone is 1. The molecule has 0 aromatic heterocycles. The zero-order valence-electron chi connectivity index (χ0n) is 8.55. The minimum Gasteiger partial charge on any atom is -0.330 e. The molecule has 112 valence electrons. The lowest BCUT2D eigenvalue weighted by Gasteiger charge is -2.31. The lowest BCUT2D eigenvalue weighted by Crippen LogP contribution is -2.54. The van der Waals surface area contributed by atoms with Crippen LogP contribution in [0, 0.1) is 0 Å². The summed E-state index contributed by atoms with van der Waals surface area (Å²) >= 11 is 4.77. The predicted molar refractivity (Wildman–Crippen MR) is 44.6 cm³/mol. The Kier molecular flexibility index (Phi) is 3.83. The molecule has 0 aliphatic heterocycles. The third-order valence-corrected chi connectivity index (χ3v) is 2.57. The maximum Gasteiger partial charge on any atom is 0.376 e. The van der Waals surface area contributed by atoms with E-state index in [2.05, 4.69) is 4.74 Å². The summed E-state index contributed by atoms with van der Waals surface area (Å²) < 4.78 is 116. The van der Waals surface area contributed by atoms with Gasteiger partial charge in [0.15, 0.2) is 0 Å². The summed E-state index contributed by atoms with van der Waals surface area (Å²) in [5.74, 6) is -20.5. The minimum absolute atomic E-state index is 0.727. The van der Waals surface area contributed by atoms with Crippen molar-refractivity contribution in [3.05, 3.63) is 11.1 Å². The van der Waals surface area contributed by atoms with Gasteiger partial charge in [-0.25, -0.2) is 8.78 Å². The number of hydrogen-bond acceptors (Lipinski definition) is 1. The van der Waals surface area contributed by atoms with Crippen LogP contribution in [0.1, 0.15) is 0 Å². The summed E-state index contributed by atoms with van der Waals surface area (Å²) in [6, 6.07) is 0. The first-order chi connectivity index (χ1) is 8.28. The number of ether oxygens (including phenoxy) is 1. The highest BCUT2D eigenvalue weighted by Crippen LogP contribution is 2.56. The molecule has 0 N–H and O–H groups in total. The van der Waals surface area contributed by atoms with Crippen molar-refractivity contribution in [2.45, 2.75) is 30.0 Å². The molecule has 0 heterocycles. The molecule has 1 rings (SSSR count). The molecular weight excluding hydrogens is 319 g/mol. The van der Waals surface area contributed by atoms with E-state index in [4.69, 9.17) is 11.6 Å². The first-order valence-electron chi connectivity index (χ1n) is 4.41. The zero-order valence-corrected chi connectivity index (χ0v) is 9.31. The zero-order chi connectivity index (χ0) is 15.3. The SMILES string of the molecule is FC(F)C(F)(F)COC1(F)C(Cl)=CC(F)(F)C1(F)F. The Morgan fingerprint density at radius 3 is 1.95 bits per heavy atom. The van der Waals surface area contributed by atoms with E-state index in [1.54, 1.807) is 0 Å². The molecule has 0 saturated carbocycles. The molecule has 0 radical (unpaired) electrons. The Balaban J connectivity index is 2.97. The van der Waals surface area contributed by atoms with E-state index in [0.717, 1.165) is 0 Å². The van der Waals surface area contributed by atoms with Crippen LogP contribution in [0.3, 0.4) is 0 Å². The van der Waals surface area contributed by atoms with E-state index in [1.807, 2.05) is 0 Å². The molecule has 1 aliphatic carbocycles. The van der Waals surface area contributed by atoms with Crippen LogP contribution in [-0.4, -0.2) is 36.7 Å². The average molecular weight is 323 g/mol. The van der Waals surface area contributed by atoms with Crippen molar-refractivity contribution in [2.75, 3.05) is 6.61 Å². The molecule has 0 aromatic carbocycles. The second-order valence-electron chi connectivity index (χ2n) is 3.64. The number of rotatable bonds is 4. The number of halogens is 10. The van der Waals surface area contributed by atoms with Crippen molar-refractivity contribution in [3.8, 4) is 0 Å². The molecule has 0 spiro atoms. The van der Waals surface area contributed by atoms with Crippen molar-refractivity contribution in [1.29, 1.82) is 0 Å². The summed E-state index contributed by atoms with van der Waals surface area (Å²) in [6.07, 6.45) is -5.08. The number of hydrogen-bond donors (Lipinski definition) is 0. The van der Waals surface area contributed by atoms with Crippen LogP contribution in [0.15, 0.2) is 11.1 Å². The predicted octanol–water partition coefficient (Wildman–Crippen LogP) is 3.98. The van der Waals surface area contributed by atoms with Crippen LogP contribution in [0.5, 0.6) is 0 Å². The van der Waals surface area contributed by atoms with E-state index in [0.29, 0.717) is 0 Å². The molecule has 11 heteroatoms. The van der Waals surface area contributed by atoms with Gasteiger partial charge in [0, 0.05) is 6.08 Å². The van der Waals surface area contributed by atoms with Crippen molar-refractivity contribution in [3.63, 3.8) is 0 Å². The summed E-state index contributed by atoms with van der Waals surface area (Å²) in [4.78, 5) is 0. The maximum atomic E-state index is 13.5. The first kappa shape index (κ1) is 16.4. The molecule has 1 nitrogen and oxygen atoms in total. The van der Waals surface area contributed by atoms with Crippen molar-refractivity contribution >= 4 is 11.6 Å². The molecule has 0 aromatic rings. The van der Waals surface area contributed by atoms with E-state index >= 15 is 0 Å². The van der Waals surface area contributed by atoms with Gasteiger partial charge in [0.25, 0.3) is 0 Å². The van der Waals surface area contributed by atoms with Gasteiger partial charge in [-0.15, -0.1) is 0 Å². The molecule has 0 saturated heterocycles. The van der Waals surface area contributed by atoms with Crippen LogP contribution in [0.2, 0.25) is 0 Å². The van der Waals surface area contributed by atoms with Gasteiger partial charge in [-0.05, 0) is 0 Å². The fraction of sp³-hybridized carbons (Fsp3) is 0.750. The van der Waals surface area contributed by atoms with Crippen LogP contribution >= 0.6 is 11.6 Å². The fourth-order valence-electron chi connectivity index (χ4n) is 1.13. The quantitative estimate of drug-likeness (QED) is 0.712. The van der Waals surface area contributed by atoms with Crippen LogP contribution < -0.4 is 0 Å². The monoisotopic (exact) mass is 322 g/mol. The van der Waals surface area contributed by atoms with Crippen LogP contribution in [-0.2, 0) is 4.74 Å². The molecule has 1 aliphatic rings. The van der Waals surface area contributed by atoms with E-state index in [-0.39, 0.29) is 0 Å². The van der Waals surface area contributed by atoms with Crippen molar-refractivity contribution in [1.82, 2.24) is 0 Å². The number of alkyl halides is 9. The lowest BCUT2D eigenvalue weighted by molar-refractivity contribution is -0.320. The normalized spacial score (nSPS) is 29.7. The van der Waals surface area contributed by atoms with Gasteiger partial charge >= 0.3 is 30.0 Å². The summed E-state index contributed by atoms with van der Waals surface area (Å²) in [5, 5.41) is -1.90. The Bertz CT molecular complexity index is 394. The Morgan fingerprint density at radius 1 is 1.16 bits per heavy atom. The van der Waals surface area contributed by atoms with Gasteiger partial charge in [0.1, 0.15) is 6.61 Å². The van der Waals surface area contributed by atoms with Gasteiger partial charge < -0.3 is 4.74 Å². The molecule has 1 unspecified atom stereocenters. The van der Waals surface area contributed by atoms with Crippen LogP contribution in [0.25, 0.3) is 0 Å². The Morgan fingerprint density at radius 2 is 1.63 bits per heavy atom. The third-order valence-electron chi connectivity index (χ3n) is 2.22. The molecule has 0 bridgehead atoms. The average Bonchev–Trinajstić information content (AvgIpc) is 2.34. The summed E-state index contributed by atoms with van der Waals surface area (Å²) in [7, 11) is 0. The standard InChI is InChI=1S/C8H4ClF9O/c9-3-1-6(14,15)8(17,18)7(3,16)19-2-5(12,13)4(10)11/h1,4H,2H2. The van der Waals surface area contributed by atoms with Gasteiger partial charge in [-0.3, -0.25) is 0 Å². The van der Waals surface area contributed by atoms with E-state index in [9.17, 15) is 39.5 Å². The summed E-state index contributed by atoms with van der Waals surface area (Å²) in [6.45, 7) is -2.54. The third kappa shape index (κ3) is 2.39. The van der Waals surface area contributed by atoms with E-state index < -0.39 is 47.8 Å². The Hall–Kier alpha value is -0.640. The second kappa shape index (κ2) is 4.44. The maximum absolute atomic E-state index is 13.5. The molecule has 19 heavy (non-hydrogen) atoms.